The fourth-order valence-corrected chi connectivity index (χ4v) is 4.10. The SMILES string of the molecule is COCCCCCC(=O)N1C[C@@H]2CNC[C@@H]2[C@H]1c1ccccc1.Cl. The van der Waals surface area contributed by atoms with Crippen LogP contribution >= 0.6 is 12.4 Å². The van der Waals surface area contributed by atoms with Gasteiger partial charge in [0.15, 0.2) is 0 Å². The molecule has 24 heavy (non-hydrogen) atoms. The minimum absolute atomic E-state index is 0. The highest BCUT2D eigenvalue weighted by Crippen LogP contribution is 2.42. The summed E-state index contributed by atoms with van der Waals surface area (Å²) >= 11 is 0. The molecule has 0 saturated carbocycles. The molecule has 2 fully saturated rings. The van der Waals surface area contributed by atoms with Crippen LogP contribution in [0.5, 0.6) is 0 Å². The number of carbonyl (C=O) groups excluding carboxylic acids is 1. The number of nitrogens with zero attached hydrogens (tertiary/aromatic N) is 1. The molecule has 1 N–H and O–H groups in total. The lowest BCUT2D eigenvalue weighted by molar-refractivity contribution is -0.132. The van der Waals surface area contributed by atoms with Gasteiger partial charge in [-0.25, -0.2) is 0 Å². The van der Waals surface area contributed by atoms with Crippen LogP contribution in [0.15, 0.2) is 30.3 Å². The summed E-state index contributed by atoms with van der Waals surface area (Å²) in [5.74, 6) is 1.50. The number of fused-ring (bicyclic) bond motifs is 1. The zero-order valence-corrected chi connectivity index (χ0v) is 15.3. The van der Waals surface area contributed by atoms with E-state index in [0.717, 1.165) is 45.5 Å². The normalized spacial score (nSPS) is 25.4. The topological polar surface area (TPSA) is 41.6 Å². The molecule has 3 atom stereocenters. The first-order valence-electron chi connectivity index (χ1n) is 8.85. The second-order valence-corrected chi connectivity index (χ2v) is 6.79. The van der Waals surface area contributed by atoms with Gasteiger partial charge in [-0.2, -0.15) is 0 Å². The quantitative estimate of drug-likeness (QED) is 0.767. The van der Waals surface area contributed by atoms with E-state index in [9.17, 15) is 4.79 Å². The van der Waals surface area contributed by atoms with Crippen molar-refractivity contribution in [2.75, 3.05) is 33.4 Å². The number of hydrogen-bond acceptors (Lipinski definition) is 3. The summed E-state index contributed by atoms with van der Waals surface area (Å²) in [4.78, 5) is 14.9. The summed E-state index contributed by atoms with van der Waals surface area (Å²) in [5.41, 5.74) is 1.29. The zero-order chi connectivity index (χ0) is 16.1. The second-order valence-electron chi connectivity index (χ2n) is 6.79. The van der Waals surface area contributed by atoms with E-state index >= 15 is 0 Å². The van der Waals surface area contributed by atoms with Gasteiger partial charge in [0.1, 0.15) is 0 Å². The van der Waals surface area contributed by atoms with E-state index in [-0.39, 0.29) is 18.4 Å². The molecule has 0 bridgehead atoms. The van der Waals surface area contributed by atoms with Gasteiger partial charge in [-0.1, -0.05) is 36.8 Å². The fourth-order valence-electron chi connectivity index (χ4n) is 4.10. The van der Waals surface area contributed by atoms with Crippen LogP contribution in [-0.4, -0.2) is 44.2 Å². The maximum atomic E-state index is 12.8. The number of hydrogen-bond donors (Lipinski definition) is 1. The molecule has 0 spiro atoms. The highest BCUT2D eigenvalue weighted by Gasteiger charge is 2.46. The fraction of sp³-hybridized carbons (Fsp3) is 0.632. The molecular formula is C19H29ClN2O2. The number of methoxy groups -OCH3 is 1. The standard InChI is InChI=1S/C19H28N2O2.ClH/c1-23-11-7-3-6-10-18(22)21-14-16-12-20-13-17(16)19(21)15-8-4-2-5-9-15;/h2,4-5,8-9,16-17,19-20H,3,6-7,10-14H2,1H3;1H/t16-,17-,19+;/m0./s1. The molecule has 0 aliphatic carbocycles. The van der Waals surface area contributed by atoms with Gasteiger partial charge in [0.2, 0.25) is 5.91 Å². The average Bonchev–Trinajstić information content (AvgIpc) is 3.16. The van der Waals surface area contributed by atoms with Gasteiger partial charge in [0.25, 0.3) is 0 Å². The Hall–Kier alpha value is -1.10. The van der Waals surface area contributed by atoms with E-state index in [2.05, 4.69) is 34.5 Å². The molecule has 2 aliphatic heterocycles. The molecule has 3 rings (SSSR count). The minimum Gasteiger partial charge on any atom is -0.385 e. The van der Waals surface area contributed by atoms with E-state index in [1.54, 1.807) is 7.11 Å². The van der Waals surface area contributed by atoms with Crippen molar-refractivity contribution >= 4 is 18.3 Å². The number of halogens is 1. The first-order valence-corrected chi connectivity index (χ1v) is 8.85. The Morgan fingerprint density at radius 2 is 2.00 bits per heavy atom. The van der Waals surface area contributed by atoms with Crippen molar-refractivity contribution in [3.63, 3.8) is 0 Å². The van der Waals surface area contributed by atoms with Gasteiger partial charge in [-0.3, -0.25) is 4.79 Å². The maximum absolute atomic E-state index is 12.8. The van der Waals surface area contributed by atoms with Crippen LogP contribution in [0.2, 0.25) is 0 Å². The smallest absolute Gasteiger partial charge is 0.223 e. The Morgan fingerprint density at radius 3 is 2.75 bits per heavy atom. The molecule has 4 nitrogen and oxygen atoms in total. The number of likely N-dealkylation sites (tertiary alicyclic amines) is 1. The number of nitrogens with one attached hydrogen (secondary N) is 1. The van der Waals surface area contributed by atoms with Crippen LogP contribution < -0.4 is 5.32 Å². The number of benzene rings is 1. The zero-order valence-electron chi connectivity index (χ0n) is 14.4. The van der Waals surface area contributed by atoms with Gasteiger partial charge >= 0.3 is 0 Å². The van der Waals surface area contributed by atoms with Crippen molar-refractivity contribution in [3.05, 3.63) is 35.9 Å². The van der Waals surface area contributed by atoms with Gasteiger partial charge in [0.05, 0.1) is 6.04 Å². The Labute approximate surface area is 151 Å². The van der Waals surface area contributed by atoms with Crippen molar-refractivity contribution in [2.24, 2.45) is 11.8 Å². The predicted molar refractivity (Wildman–Crippen MR) is 98.3 cm³/mol. The Kier molecular flexibility index (Phi) is 7.53. The van der Waals surface area contributed by atoms with Crippen LogP contribution in [0, 0.1) is 11.8 Å². The number of rotatable bonds is 7. The van der Waals surface area contributed by atoms with Crippen molar-refractivity contribution in [2.45, 2.75) is 31.7 Å². The molecule has 1 amide bonds. The van der Waals surface area contributed by atoms with Crippen molar-refractivity contribution in [1.82, 2.24) is 10.2 Å². The van der Waals surface area contributed by atoms with Crippen LogP contribution in [0.3, 0.4) is 0 Å². The number of amides is 1. The summed E-state index contributed by atoms with van der Waals surface area (Å²) < 4.78 is 5.07. The lowest BCUT2D eigenvalue weighted by Crippen LogP contribution is -2.34. The maximum Gasteiger partial charge on any atom is 0.223 e. The largest absolute Gasteiger partial charge is 0.385 e. The van der Waals surface area contributed by atoms with E-state index in [0.29, 0.717) is 24.2 Å². The lowest BCUT2D eigenvalue weighted by atomic mass is 9.89. The van der Waals surface area contributed by atoms with Crippen LogP contribution in [0.1, 0.15) is 37.3 Å². The van der Waals surface area contributed by atoms with Crippen LogP contribution in [-0.2, 0) is 9.53 Å². The predicted octanol–water partition coefficient (Wildman–Crippen LogP) is 3.03. The van der Waals surface area contributed by atoms with Gasteiger partial charge in [0, 0.05) is 45.7 Å². The van der Waals surface area contributed by atoms with Crippen molar-refractivity contribution in [3.8, 4) is 0 Å². The van der Waals surface area contributed by atoms with Gasteiger partial charge in [-0.05, 0) is 24.3 Å². The third-order valence-electron chi connectivity index (χ3n) is 5.27. The first kappa shape index (κ1) is 19.2. The molecule has 134 valence electrons. The molecule has 2 saturated heterocycles. The first-order chi connectivity index (χ1) is 11.3. The number of carbonyl (C=O) groups is 1. The summed E-state index contributed by atoms with van der Waals surface area (Å²) in [5, 5.41) is 3.50. The highest BCUT2D eigenvalue weighted by atomic mass is 35.5. The van der Waals surface area contributed by atoms with E-state index in [1.165, 1.54) is 5.56 Å². The molecule has 0 radical (unpaired) electrons. The third-order valence-corrected chi connectivity index (χ3v) is 5.27. The minimum atomic E-state index is 0. The molecule has 0 aromatic heterocycles. The number of unbranched alkanes of at least 4 members (excludes halogenated alkanes) is 2. The van der Waals surface area contributed by atoms with Crippen molar-refractivity contribution < 1.29 is 9.53 Å². The number of ether oxygens (including phenoxy) is 1. The monoisotopic (exact) mass is 352 g/mol. The summed E-state index contributed by atoms with van der Waals surface area (Å²) in [6.07, 6.45) is 3.74. The van der Waals surface area contributed by atoms with Gasteiger partial charge < -0.3 is 15.0 Å². The third kappa shape index (κ3) is 4.29. The molecule has 2 aliphatic rings. The lowest BCUT2D eigenvalue weighted by Gasteiger charge is -2.28. The Balaban J connectivity index is 0.00000208. The molecule has 1 aromatic carbocycles. The molecule has 0 unspecified atom stereocenters. The van der Waals surface area contributed by atoms with E-state index in [1.807, 2.05) is 6.07 Å². The highest BCUT2D eigenvalue weighted by molar-refractivity contribution is 5.85. The summed E-state index contributed by atoms with van der Waals surface area (Å²) in [6, 6.07) is 10.8. The molecule has 1 aromatic rings. The summed E-state index contributed by atoms with van der Waals surface area (Å²) in [6.45, 7) is 3.78. The second kappa shape index (κ2) is 9.40. The van der Waals surface area contributed by atoms with Gasteiger partial charge in [-0.15, -0.1) is 12.4 Å². The van der Waals surface area contributed by atoms with E-state index < -0.39 is 0 Å². The molecular weight excluding hydrogens is 324 g/mol. The Bertz CT molecular complexity index is 511. The van der Waals surface area contributed by atoms with Crippen molar-refractivity contribution in [1.29, 1.82) is 0 Å². The Morgan fingerprint density at radius 1 is 1.21 bits per heavy atom. The van der Waals surface area contributed by atoms with Crippen LogP contribution in [0.4, 0.5) is 0 Å². The van der Waals surface area contributed by atoms with E-state index in [4.69, 9.17) is 4.74 Å². The molecule has 2 heterocycles. The van der Waals surface area contributed by atoms with Crippen LogP contribution in [0.25, 0.3) is 0 Å². The molecule has 5 heteroatoms. The average molecular weight is 353 g/mol. The summed E-state index contributed by atoms with van der Waals surface area (Å²) in [7, 11) is 1.73.